The van der Waals surface area contributed by atoms with Gasteiger partial charge in [0.2, 0.25) is 0 Å². The molecule has 1 aliphatic rings. The molecule has 188 valence electrons. The lowest BCUT2D eigenvalue weighted by atomic mass is 9.88. The topological polar surface area (TPSA) is 50.4 Å². The Hall–Kier alpha value is -3.83. The lowest BCUT2D eigenvalue weighted by molar-refractivity contribution is 0.205. The number of aromatic nitrogens is 2. The number of fused-ring (bicyclic) bond motifs is 2. The molecule has 0 aliphatic carbocycles. The van der Waals surface area contributed by atoms with Gasteiger partial charge in [-0.1, -0.05) is 18.2 Å². The number of pyridine rings is 1. The van der Waals surface area contributed by atoms with E-state index in [-0.39, 0.29) is 0 Å². The van der Waals surface area contributed by atoms with E-state index in [1.807, 2.05) is 24.5 Å². The van der Waals surface area contributed by atoms with E-state index in [2.05, 4.69) is 70.3 Å². The van der Waals surface area contributed by atoms with Gasteiger partial charge in [0.1, 0.15) is 0 Å². The molecule has 1 aliphatic heterocycles. The number of nitrogens with zero attached hydrogens (tertiary/aromatic N) is 2. The first-order valence-corrected chi connectivity index (χ1v) is 13.0. The van der Waals surface area contributed by atoms with Gasteiger partial charge in [0.15, 0.2) is 11.5 Å². The summed E-state index contributed by atoms with van der Waals surface area (Å²) in [5.74, 6) is 2.08. The third kappa shape index (κ3) is 4.56. The van der Waals surface area contributed by atoms with Gasteiger partial charge in [-0.3, -0.25) is 9.88 Å². The first-order chi connectivity index (χ1) is 18.1. The number of hydrogen-bond donors (Lipinski definition) is 1. The Morgan fingerprint density at radius 3 is 2.54 bits per heavy atom. The monoisotopic (exact) mass is 491 g/mol. The van der Waals surface area contributed by atoms with Crippen LogP contribution in [-0.2, 0) is 6.54 Å². The van der Waals surface area contributed by atoms with Crippen LogP contribution >= 0.6 is 0 Å². The Bertz CT molecular complexity index is 1560. The quantitative estimate of drug-likeness (QED) is 0.276. The van der Waals surface area contributed by atoms with E-state index in [0.29, 0.717) is 5.92 Å². The summed E-state index contributed by atoms with van der Waals surface area (Å²) in [6.07, 6.45) is 6.19. The molecule has 1 saturated heterocycles. The molecule has 1 N–H and O–H groups in total. The number of nitrogens with one attached hydrogen (secondary N) is 1. The fourth-order valence-electron chi connectivity index (χ4n) is 5.79. The number of H-pyrrole nitrogens is 1. The molecule has 1 fully saturated rings. The standard InChI is InChI=1S/C32H33N3O2/c1-21-28-17-24(6-8-29(28)34-32(21)26-7-9-30(36-2)31(18-26)37-3)23-11-14-35(15-12-23)20-22-4-5-27-19-33-13-10-25(27)16-22/h4-10,13,16-19,23,34H,11-12,14-15,20H2,1-3H3. The van der Waals surface area contributed by atoms with E-state index in [1.54, 1.807) is 14.2 Å². The first kappa shape index (κ1) is 23.6. The molecule has 37 heavy (non-hydrogen) atoms. The number of benzene rings is 3. The highest BCUT2D eigenvalue weighted by molar-refractivity contribution is 5.91. The van der Waals surface area contributed by atoms with Crippen molar-refractivity contribution in [2.45, 2.75) is 32.2 Å². The van der Waals surface area contributed by atoms with Crippen molar-refractivity contribution in [3.8, 4) is 22.8 Å². The molecule has 0 bridgehead atoms. The van der Waals surface area contributed by atoms with Gasteiger partial charge in [-0.2, -0.15) is 0 Å². The Balaban J connectivity index is 1.17. The number of ether oxygens (including phenoxy) is 2. The molecule has 3 aromatic carbocycles. The van der Waals surface area contributed by atoms with Gasteiger partial charge in [0.25, 0.3) is 0 Å². The SMILES string of the molecule is COc1ccc(-c2[nH]c3ccc(C4CCN(Cc5ccc6cnccc6c5)CC4)cc3c2C)cc1OC. The lowest BCUT2D eigenvalue weighted by Crippen LogP contribution is -2.32. The maximum Gasteiger partial charge on any atom is 0.161 e. The van der Waals surface area contributed by atoms with Crippen LogP contribution in [0.5, 0.6) is 11.5 Å². The molecule has 2 aromatic heterocycles. The zero-order chi connectivity index (χ0) is 25.4. The number of methoxy groups -OCH3 is 2. The van der Waals surface area contributed by atoms with Crippen molar-refractivity contribution in [1.29, 1.82) is 0 Å². The Labute approximate surface area is 218 Å². The first-order valence-electron chi connectivity index (χ1n) is 13.0. The molecule has 3 heterocycles. The predicted octanol–water partition coefficient (Wildman–Crippen LogP) is 7.09. The molecule has 0 amide bonds. The summed E-state index contributed by atoms with van der Waals surface area (Å²) >= 11 is 0. The fourth-order valence-corrected chi connectivity index (χ4v) is 5.79. The minimum atomic E-state index is 0.599. The van der Waals surface area contributed by atoms with Crippen LogP contribution in [0, 0.1) is 6.92 Å². The molecule has 6 rings (SSSR count). The lowest BCUT2D eigenvalue weighted by Gasteiger charge is -2.32. The smallest absolute Gasteiger partial charge is 0.161 e. The second kappa shape index (κ2) is 9.91. The average molecular weight is 492 g/mol. The summed E-state index contributed by atoms with van der Waals surface area (Å²) in [5, 5.41) is 3.77. The molecule has 0 atom stereocenters. The third-order valence-corrected chi connectivity index (χ3v) is 7.92. The van der Waals surface area contributed by atoms with E-state index in [4.69, 9.17) is 9.47 Å². The van der Waals surface area contributed by atoms with Gasteiger partial charge in [0, 0.05) is 46.5 Å². The molecule has 5 heteroatoms. The maximum atomic E-state index is 5.53. The largest absolute Gasteiger partial charge is 0.493 e. The number of likely N-dealkylation sites (tertiary alicyclic amines) is 1. The Morgan fingerprint density at radius 1 is 0.892 bits per heavy atom. The zero-order valence-corrected chi connectivity index (χ0v) is 21.8. The fraction of sp³-hybridized carbons (Fsp3) is 0.281. The minimum Gasteiger partial charge on any atom is -0.493 e. The van der Waals surface area contributed by atoms with Gasteiger partial charge in [-0.15, -0.1) is 0 Å². The summed E-state index contributed by atoms with van der Waals surface area (Å²) < 4.78 is 10.9. The van der Waals surface area contributed by atoms with E-state index in [1.165, 1.54) is 51.2 Å². The van der Waals surface area contributed by atoms with E-state index in [0.717, 1.165) is 42.4 Å². The summed E-state index contributed by atoms with van der Waals surface area (Å²) in [6.45, 7) is 5.46. The zero-order valence-electron chi connectivity index (χ0n) is 21.8. The van der Waals surface area contributed by atoms with Crippen LogP contribution in [0.2, 0.25) is 0 Å². The summed E-state index contributed by atoms with van der Waals surface area (Å²) in [7, 11) is 3.34. The van der Waals surface area contributed by atoms with Crippen molar-refractivity contribution in [1.82, 2.24) is 14.9 Å². The highest BCUT2D eigenvalue weighted by Crippen LogP contribution is 2.37. The van der Waals surface area contributed by atoms with Crippen molar-refractivity contribution in [3.05, 3.63) is 89.7 Å². The Kier molecular flexibility index (Phi) is 6.31. The van der Waals surface area contributed by atoms with Gasteiger partial charge >= 0.3 is 0 Å². The molecule has 5 nitrogen and oxygen atoms in total. The number of aryl methyl sites for hydroxylation is 1. The van der Waals surface area contributed by atoms with Gasteiger partial charge in [0.05, 0.1) is 14.2 Å². The van der Waals surface area contributed by atoms with Crippen molar-refractivity contribution in [3.63, 3.8) is 0 Å². The van der Waals surface area contributed by atoms with Gasteiger partial charge in [-0.05, 0) is 103 Å². The molecular weight excluding hydrogens is 458 g/mol. The predicted molar refractivity (Wildman–Crippen MR) is 151 cm³/mol. The summed E-state index contributed by atoms with van der Waals surface area (Å²) in [4.78, 5) is 10.5. The maximum absolute atomic E-state index is 5.53. The van der Waals surface area contributed by atoms with E-state index in [9.17, 15) is 0 Å². The number of piperidine rings is 1. The molecule has 5 aromatic rings. The van der Waals surface area contributed by atoms with Crippen molar-refractivity contribution in [2.75, 3.05) is 27.3 Å². The third-order valence-electron chi connectivity index (χ3n) is 7.92. The van der Waals surface area contributed by atoms with Gasteiger partial charge < -0.3 is 14.5 Å². The average Bonchev–Trinajstić information content (AvgIpc) is 3.28. The highest BCUT2D eigenvalue weighted by Gasteiger charge is 2.22. The van der Waals surface area contributed by atoms with E-state index < -0.39 is 0 Å². The minimum absolute atomic E-state index is 0.599. The van der Waals surface area contributed by atoms with Crippen LogP contribution in [0.4, 0.5) is 0 Å². The summed E-state index contributed by atoms with van der Waals surface area (Å²) in [6, 6.07) is 21.9. The van der Waals surface area contributed by atoms with Crippen LogP contribution in [0.1, 0.15) is 35.4 Å². The summed E-state index contributed by atoms with van der Waals surface area (Å²) in [5.41, 5.74) is 7.51. The van der Waals surface area contributed by atoms with Crippen molar-refractivity contribution >= 4 is 21.7 Å². The molecule has 0 spiro atoms. The number of rotatable bonds is 6. The van der Waals surface area contributed by atoms with Crippen LogP contribution in [0.15, 0.2) is 73.1 Å². The molecule has 0 unspecified atom stereocenters. The van der Waals surface area contributed by atoms with Crippen LogP contribution < -0.4 is 9.47 Å². The second-order valence-electron chi connectivity index (χ2n) is 10.1. The second-order valence-corrected chi connectivity index (χ2v) is 10.1. The molecular formula is C32H33N3O2. The molecule has 0 saturated carbocycles. The van der Waals surface area contributed by atoms with Crippen LogP contribution in [0.3, 0.4) is 0 Å². The Morgan fingerprint density at radius 2 is 1.73 bits per heavy atom. The van der Waals surface area contributed by atoms with E-state index >= 15 is 0 Å². The van der Waals surface area contributed by atoms with Crippen molar-refractivity contribution < 1.29 is 9.47 Å². The van der Waals surface area contributed by atoms with Crippen LogP contribution in [-0.4, -0.2) is 42.2 Å². The van der Waals surface area contributed by atoms with Crippen LogP contribution in [0.25, 0.3) is 32.9 Å². The molecule has 0 radical (unpaired) electrons. The van der Waals surface area contributed by atoms with Gasteiger partial charge in [-0.25, -0.2) is 0 Å². The normalized spacial score (nSPS) is 14.9. The number of aromatic amines is 1. The number of hydrogen-bond acceptors (Lipinski definition) is 4. The van der Waals surface area contributed by atoms with Crippen molar-refractivity contribution in [2.24, 2.45) is 0 Å². The highest BCUT2D eigenvalue weighted by atomic mass is 16.5.